The van der Waals surface area contributed by atoms with E-state index in [0.717, 1.165) is 6.92 Å². The van der Waals surface area contributed by atoms with Crippen molar-refractivity contribution in [3.05, 3.63) is 29.8 Å². The molecule has 0 spiro atoms. The molecule has 0 unspecified atom stereocenters. The van der Waals surface area contributed by atoms with Crippen LogP contribution in [0.5, 0.6) is 5.75 Å². The summed E-state index contributed by atoms with van der Waals surface area (Å²) in [6.07, 6.45) is -7.56. The second kappa shape index (κ2) is 9.46. The molecule has 0 saturated carbocycles. The van der Waals surface area contributed by atoms with Gasteiger partial charge in [-0.15, -0.1) is 0 Å². The molecule has 1 aliphatic heterocycles. The van der Waals surface area contributed by atoms with Crippen LogP contribution in [-0.4, -0.2) is 80.3 Å². The average Bonchev–Trinajstić information content (AvgIpc) is 2.68. The molecule has 11 heteroatoms. The van der Waals surface area contributed by atoms with E-state index in [2.05, 4.69) is 5.32 Å². The summed E-state index contributed by atoms with van der Waals surface area (Å²) in [4.78, 5) is 23.5. The first-order chi connectivity index (χ1) is 13.6. The number of aliphatic carboxylic acids is 1. The molecule has 0 radical (unpaired) electrons. The highest BCUT2D eigenvalue weighted by Gasteiger charge is 2.56. The number of para-hydroxylation sites is 1. The fourth-order valence-electron chi connectivity index (χ4n) is 3.12. The van der Waals surface area contributed by atoms with Gasteiger partial charge in [0, 0.05) is 12.5 Å². The smallest absolute Gasteiger partial charge is 0.377 e. The molecule has 1 aromatic rings. The second-order valence-electron chi connectivity index (χ2n) is 6.72. The number of benzene rings is 1. The zero-order valence-corrected chi connectivity index (χ0v) is 15.6. The van der Waals surface area contributed by atoms with Gasteiger partial charge in [0.2, 0.25) is 5.91 Å². The van der Waals surface area contributed by atoms with Crippen molar-refractivity contribution in [2.24, 2.45) is 0 Å². The summed E-state index contributed by atoms with van der Waals surface area (Å²) in [5.41, 5.74) is 0.0303. The van der Waals surface area contributed by atoms with Crippen LogP contribution in [0, 0.1) is 0 Å². The van der Waals surface area contributed by atoms with Crippen LogP contribution in [0.2, 0.25) is 0 Å². The third kappa shape index (κ3) is 5.00. The number of hydrogen-bond acceptors (Lipinski definition) is 8. The average molecular weight is 417 g/mol. The van der Waals surface area contributed by atoms with Crippen LogP contribution in [-0.2, 0) is 21.0 Å². The lowest BCUT2D eigenvalue weighted by molar-refractivity contribution is -0.284. The molecule has 1 heterocycles. The van der Waals surface area contributed by atoms with Gasteiger partial charge in [-0.05, 0) is 6.07 Å². The lowest BCUT2D eigenvalue weighted by Gasteiger charge is -2.46. The largest absolute Gasteiger partial charge is 0.476 e. The van der Waals surface area contributed by atoms with Gasteiger partial charge in [0.05, 0.1) is 25.2 Å². The zero-order chi connectivity index (χ0) is 21.8. The molecular formula is C18H24FNO9. The number of carboxylic acids is 1. The minimum absolute atomic E-state index is 0.0303. The van der Waals surface area contributed by atoms with E-state index in [1.165, 1.54) is 24.3 Å². The number of aliphatic hydroxyl groups excluding tert-OH is 4. The number of hydrogen-bond donors (Lipinski definition) is 6. The Morgan fingerprint density at radius 3 is 2.59 bits per heavy atom. The Balaban J connectivity index is 2.45. The molecule has 6 N–H and O–H groups in total. The first-order valence-corrected chi connectivity index (χ1v) is 8.81. The van der Waals surface area contributed by atoms with Crippen LogP contribution in [0.15, 0.2) is 24.3 Å². The van der Waals surface area contributed by atoms with E-state index in [1.54, 1.807) is 0 Å². The Labute approximate surface area is 165 Å². The fourth-order valence-corrected chi connectivity index (χ4v) is 3.12. The molecule has 1 fully saturated rings. The second-order valence-corrected chi connectivity index (χ2v) is 6.72. The van der Waals surface area contributed by atoms with Crippen molar-refractivity contribution in [2.75, 3.05) is 6.61 Å². The van der Waals surface area contributed by atoms with Gasteiger partial charge in [-0.2, -0.15) is 0 Å². The van der Waals surface area contributed by atoms with E-state index in [-0.39, 0.29) is 11.3 Å². The van der Waals surface area contributed by atoms with Crippen LogP contribution in [0.1, 0.15) is 18.9 Å². The summed E-state index contributed by atoms with van der Waals surface area (Å²) < 4.78 is 24.2. The van der Waals surface area contributed by atoms with Gasteiger partial charge in [0.25, 0.3) is 0 Å². The molecule has 162 valence electrons. The van der Waals surface area contributed by atoms with Crippen molar-refractivity contribution in [1.82, 2.24) is 5.32 Å². The van der Waals surface area contributed by atoms with Crippen LogP contribution in [0.3, 0.4) is 0 Å². The number of halogens is 1. The number of carbonyl (C=O) groups is 2. The molecule has 1 saturated heterocycles. The molecule has 1 aliphatic rings. The maximum Gasteiger partial charge on any atom is 0.377 e. The minimum atomic E-state index is -2.56. The predicted molar refractivity (Wildman–Crippen MR) is 94.4 cm³/mol. The van der Waals surface area contributed by atoms with E-state index in [4.69, 9.17) is 14.6 Å². The number of carbonyl (C=O) groups excluding carboxylic acids is 1. The molecule has 0 aliphatic carbocycles. The Bertz CT molecular complexity index is 733. The number of rotatable bonds is 8. The first kappa shape index (κ1) is 23.0. The van der Waals surface area contributed by atoms with Crippen molar-refractivity contribution in [3.8, 4) is 5.75 Å². The Morgan fingerprint density at radius 1 is 1.38 bits per heavy atom. The monoisotopic (exact) mass is 417 g/mol. The zero-order valence-electron chi connectivity index (χ0n) is 15.6. The van der Waals surface area contributed by atoms with Gasteiger partial charge < -0.3 is 40.3 Å². The number of amides is 1. The standard InChI is InChI=1S/C18H24FNO9/c1-9(22)20-14-11(23)6-18(17(26)27,29-16(14)15(25)12(24)8-21)28-13-5-3-2-4-10(13)7-19/h2-5,11-12,14-16,21,23-25H,6-8H2,1H3,(H,20,22)(H,26,27)/t11-,12+,14+,15+,16+,18+/m0/s1. The maximum absolute atomic E-state index is 13.2. The molecule has 2 rings (SSSR count). The molecule has 1 aromatic carbocycles. The van der Waals surface area contributed by atoms with Crippen LogP contribution in [0.25, 0.3) is 0 Å². The SMILES string of the molecule is CC(=O)N[C@H]1[C@H]([C@H](O)[C@H](O)CO)O[C@@](Oc2ccccc2CF)(C(=O)O)C[C@@H]1O. The Morgan fingerprint density at radius 2 is 2.03 bits per heavy atom. The Kier molecular flexibility index (Phi) is 7.49. The van der Waals surface area contributed by atoms with Crippen molar-refractivity contribution in [3.63, 3.8) is 0 Å². The fraction of sp³-hybridized carbons (Fsp3) is 0.556. The summed E-state index contributed by atoms with van der Waals surface area (Å²) in [5, 5.41) is 51.8. The van der Waals surface area contributed by atoms with Crippen molar-refractivity contribution < 1.29 is 49.0 Å². The van der Waals surface area contributed by atoms with E-state index < -0.39 is 67.8 Å². The third-order valence-electron chi connectivity index (χ3n) is 4.58. The molecule has 29 heavy (non-hydrogen) atoms. The number of carboxylic acid groups (broad SMARTS) is 1. The first-order valence-electron chi connectivity index (χ1n) is 8.81. The van der Waals surface area contributed by atoms with Crippen LogP contribution < -0.4 is 10.1 Å². The van der Waals surface area contributed by atoms with Gasteiger partial charge in [-0.25, -0.2) is 9.18 Å². The summed E-state index contributed by atoms with van der Waals surface area (Å²) in [5.74, 6) is -5.00. The lowest BCUT2D eigenvalue weighted by Crippen LogP contribution is -2.68. The summed E-state index contributed by atoms with van der Waals surface area (Å²) in [7, 11) is 0. The predicted octanol–water partition coefficient (Wildman–Crippen LogP) is -1.32. The van der Waals surface area contributed by atoms with E-state index in [1.807, 2.05) is 0 Å². The van der Waals surface area contributed by atoms with Gasteiger partial charge in [-0.3, -0.25) is 4.79 Å². The number of nitrogens with one attached hydrogen (secondary N) is 1. The summed E-state index contributed by atoms with van der Waals surface area (Å²) in [6.45, 7) is -0.723. The highest BCUT2D eigenvalue weighted by Crippen LogP contribution is 2.35. The number of ether oxygens (including phenoxy) is 2. The number of aliphatic hydroxyl groups is 4. The molecule has 10 nitrogen and oxygen atoms in total. The minimum Gasteiger partial charge on any atom is -0.476 e. The molecule has 0 bridgehead atoms. The van der Waals surface area contributed by atoms with Crippen molar-refractivity contribution in [2.45, 2.75) is 56.3 Å². The molecule has 0 aromatic heterocycles. The van der Waals surface area contributed by atoms with Gasteiger partial charge in [0.1, 0.15) is 30.7 Å². The normalized spacial score (nSPS) is 29.0. The van der Waals surface area contributed by atoms with E-state index in [0.29, 0.717) is 0 Å². The summed E-state index contributed by atoms with van der Waals surface area (Å²) >= 11 is 0. The van der Waals surface area contributed by atoms with Gasteiger partial charge >= 0.3 is 11.8 Å². The Hall–Kier alpha value is -2.31. The molecule has 1 amide bonds. The van der Waals surface area contributed by atoms with Crippen LogP contribution >= 0.6 is 0 Å². The van der Waals surface area contributed by atoms with E-state index in [9.17, 15) is 34.4 Å². The molecule has 6 atom stereocenters. The molecular weight excluding hydrogens is 393 g/mol. The maximum atomic E-state index is 13.2. The van der Waals surface area contributed by atoms with Gasteiger partial charge in [-0.1, -0.05) is 18.2 Å². The lowest BCUT2D eigenvalue weighted by atomic mass is 9.88. The number of alkyl halides is 1. The van der Waals surface area contributed by atoms with Gasteiger partial charge in [0.15, 0.2) is 0 Å². The van der Waals surface area contributed by atoms with Crippen molar-refractivity contribution in [1.29, 1.82) is 0 Å². The quantitative estimate of drug-likeness (QED) is 0.301. The summed E-state index contributed by atoms with van der Waals surface area (Å²) in [6, 6.07) is 4.36. The van der Waals surface area contributed by atoms with Crippen LogP contribution in [0.4, 0.5) is 4.39 Å². The third-order valence-corrected chi connectivity index (χ3v) is 4.58. The highest BCUT2D eigenvalue weighted by molar-refractivity contribution is 5.77. The topological polar surface area (TPSA) is 166 Å². The highest BCUT2D eigenvalue weighted by atomic mass is 19.1. The van der Waals surface area contributed by atoms with Crippen molar-refractivity contribution >= 4 is 11.9 Å². The van der Waals surface area contributed by atoms with E-state index >= 15 is 0 Å².